The Bertz CT molecular complexity index is 1150. The second-order valence-electron chi connectivity index (χ2n) is 14.3. The molecule has 47 heavy (non-hydrogen) atoms. The summed E-state index contributed by atoms with van der Waals surface area (Å²) >= 11 is 0. The van der Waals surface area contributed by atoms with E-state index in [1.165, 1.54) is 74.5 Å². The van der Waals surface area contributed by atoms with Crippen molar-refractivity contribution in [2.24, 2.45) is 11.8 Å². The molecule has 0 bridgehead atoms. The summed E-state index contributed by atoms with van der Waals surface area (Å²) in [4.78, 5) is 24.9. The van der Waals surface area contributed by atoms with E-state index in [-0.39, 0.29) is 11.9 Å². The van der Waals surface area contributed by atoms with Gasteiger partial charge in [0.05, 0.1) is 18.1 Å². The molecule has 1 aromatic heterocycles. The Labute approximate surface area is 287 Å². The molecule has 2 heterocycles. The van der Waals surface area contributed by atoms with E-state index in [1.807, 2.05) is 18.4 Å². The fourth-order valence-electron chi connectivity index (χ4n) is 6.03. The summed E-state index contributed by atoms with van der Waals surface area (Å²) in [5.74, 6) is 1.04. The van der Waals surface area contributed by atoms with Gasteiger partial charge in [0.1, 0.15) is 0 Å². The molecule has 0 saturated carbocycles. The quantitative estimate of drug-likeness (QED) is 0.0567. The number of furan rings is 1. The zero-order valence-electron chi connectivity index (χ0n) is 30.8. The third kappa shape index (κ3) is 18.9. The molecule has 1 atom stereocenters. The van der Waals surface area contributed by atoms with Gasteiger partial charge in [-0.1, -0.05) is 115 Å². The van der Waals surface area contributed by atoms with Gasteiger partial charge in [0.2, 0.25) is 0 Å². The zero-order chi connectivity index (χ0) is 34.3. The lowest BCUT2D eigenvalue weighted by Crippen LogP contribution is -2.06. The molecular formula is C42H66O5. The molecule has 1 aliphatic heterocycles. The van der Waals surface area contributed by atoms with Crippen LogP contribution < -0.4 is 0 Å². The van der Waals surface area contributed by atoms with Crippen LogP contribution >= 0.6 is 0 Å². The third-order valence-corrected chi connectivity index (χ3v) is 9.16. The first-order valence-corrected chi connectivity index (χ1v) is 18.8. The molecule has 0 amide bonds. The molecule has 264 valence electrons. The van der Waals surface area contributed by atoms with E-state index < -0.39 is 5.97 Å². The molecule has 0 spiro atoms. The van der Waals surface area contributed by atoms with E-state index >= 15 is 0 Å². The van der Waals surface area contributed by atoms with Gasteiger partial charge in [-0.2, -0.15) is 0 Å². The zero-order valence-corrected chi connectivity index (χ0v) is 30.8. The first kappa shape index (κ1) is 40.4. The summed E-state index contributed by atoms with van der Waals surface area (Å²) < 4.78 is 16.3. The molecule has 1 unspecified atom stereocenters. The number of ether oxygens (including phenoxy) is 2. The number of aryl methyl sites for hydroxylation is 1. The van der Waals surface area contributed by atoms with Gasteiger partial charge in [0.15, 0.2) is 11.5 Å². The molecule has 0 fully saturated rings. The van der Waals surface area contributed by atoms with Crippen molar-refractivity contribution in [3.05, 3.63) is 70.6 Å². The summed E-state index contributed by atoms with van der Waals surface area (Å²) in [6.07, 6.45) is 32.9. The van der Waals surface area contributed by atoms with Gasteiger partial charge in [-0.25, -0.2) is 4.79 Å². The minimum Gasteiger partial charge on any atom is -0.472 e. The fourth-order valence-corrected chi connectivity index (χ4v) is 6.03. The Balaban J connectivity index is 1.59. The number of carbonyl (C=O) groups is 2. The Morgan fingerprint density at radius 1 is 0.787 bits per heavy atom. The van der Waals surface area contributed by atoms with Crippen LogP contribution in [-0.2, 0) is 25.5 Å². The summed E-state index contributed by atoms with van der Waals surface area (Å²) in [6.45, 7) is 12.8. The number of rotatable bonds is 26. The maximum atomic E-state index is 12.6. The monoisotopic (exact) mass is 650 g/mol. The predicted molar refractivity (Wildman–Crippen MR) is 195 cm³/mol. The van der Waals surface area contributed by atoms with Gasteiger partial charge >= 0.3 is 11.9 Å². The normalized spacial score (nSPS) is 15.6. The summed E-state index contributed by atoms with van der Waals surface area (Å²) in [6, 6.07) is 2.03. The van der Waals surface area contributed by atoms with Crippen molar-refractivity contribution in [3.8, 4) is 0 Å². The number of unbranched alkanes of at least 4 members (excludes halogenated alkanes) is 10. The number of cyclic esters (lactones) is 1. The molecule has 5 nitrogen and oxygen atoms in total. The van der Waals surface area contributed by atoms with Crippen molar-refractivity contribution in [1.29, 1.82) is 0 Å². The van der Waals surface area contributed by atoms with Gasteiger partial charge in [-0.3, -0.25) is 4.79 Å². The second-order valence-corrected chi connectivity index (χ2v) is 14.3. The number of carbonyl (C=O) groups excluding carboxylic acids is 2. The lowest BCUT2D eigenvalue weighted by Gasteiger charge is -2.11. The fraction of sp³-hybridized carbons (Fsp3) is 0.667. The lowest BCUT2D eigenvalue weighted by atomic mass is 9.99. The first-order valence-electron chi connectivity index (χ1n) is 18.8. The van der Waals surface area contributed by atoms with E-state index in [1.54, 1.807) is 13.2 Å². The van der Waals surface area contributed by atoms with E-state index in [9.17, 15) is 9.59 Å². The maximum absolute atomic E-state index is 12.6. The Morgan fingerprint density at radius 3 is 2.04 bits per heavy atom. The topological polar surface area (TPSA) is 65.7 Å². The van der Waals surface area contributed by atoms with Gasteiger partial charge < -0.3 is 13.9 Å². The molecule has 2 rings (SSSR count). The van der Waals surface area contributed by atoms with Gasteiger partial charge in [0.25, 0.3) is 0 Å². The van der Waals surface area contributed by atoms with Crippen LogP contribution in [0.2, 0.25) is 0 Å². The Morgan fingerprint density at radius 2 is 1.40 bits per heavy atom. The average molecular weight is 651 g/mol. The van der Waals surface area contributed by atoms with Crippen molar-refractivity contribution in [2.75, 3.05) is 0 Å². The van der Waals surface area contributed by atoms with Crippen LogP contribution in [0.15, 0.2) is 69.5 Å². The van der Waals surface area contributed by atoms with Crippen LogP contribution in [0.4, 0.5) is 0 Å². The average Bonchev–Trinajstić information content (AvgIpc) is 3.63. The van der Waals surface area contributed by atoms with E-state index in [4.69, 9.17) is 13.9 Å². The number of allylic oxidation sites excluding steroid dienone is 5. The molecule has 5 heteroatoms. The van der Waals surface area contributed by atoms with Crippen LogP contribution in [0.5, 0.6) is 0 Å². The summed E-state index contributed by atoms with van der Waals surface area (Å²) in [7, 11) is 0. The van der Waals surface area contributed by atoms with Crippen LogP contribution in [0.25, 0.3) is 0 Å². The second kappa shape index (κ2) is 24.3. The molecular weight excluding hydrogens is 584 g/mol. The van der Waals surface area contributed by atoms with Gasteiger partial charge in [-0.15, -0.1) is 0 Å². The summed E-state index contributed by atoms with van der Waals surface area (Å²) in [5, 5.41) is 0. The molecule has 0 saturated heterocycles. The maximum Gasteiger partial charge on any atom is 0.343 e. The molecule has 0 radical (unpaired) electrons. The SMILES string of the molecule is CC(=CCCc1ccoc1)CCC=C(C)CCCC(C)C=C1OC(=O)C(C)=C1OC(=O)CCCCCCCCCCCCCC(C)C. The lowest BCUT2D eigenvalue weighted by molar-refractivity contribution is -0.140. The molecule has 0 N–H and O–H groups in total. The Kier molecular flexibility index (Phi) is 20.9. The van der Waals surface area contributed by atoms with E-state index in [0.29, 0.717) is 23.5 Å². The number of esters is 2. The van der Waals surface area contributed by atoms with Crippen molar-refractivity contribution < 1.29 is 23.5 Å². The summed E-state index contributed by atoms with van der Waals surface area (Å²) in [5.41, 5.74) is 4.47. The highest BCUT2D eigenvalue weighted by Crippen LogP contribution is 2.30. The third-order valence-electron chi connectivity index (χ3n) is 9.16. The van der Waals surface area contributed by atoms with Gasteiger partial charge in [-0.05, 0) is 102 Å². The van der Waals surface area contributed by atoms with Crippen LogP contribution in [-0.4, -0.2) is 11.9 Å². The van der Waals surface area contributed by atoms with Crippen molar-refractivity contribution in [1.82, 2.24) is 0 Å². The van der Waals surface area contributed by atoms with Gasteiger partial charge in [0, 0.05) is 6.42 Å². The molecule has 0 aliphatic carbocycles. The Hall–Kier alpha value is -2.82. The molecule has 0 aromatic carbocycles. The smallest absolute Gasteiger partial charge is 0.343 e. The van der Waals surface area contributed by atoms with Crippen LogP contribution in [0, 0.1) is 11.8 Å². The minimum atomic E-state index is -0.425. The molecule has 1 aromatic rings. The molecule has 1 aliphatic rings. The van der Waals surface area contributed by atoms with Crippen LogP contribution in [0.1, 0.15) is 169 Å². The number of hydrogen-bond donors (Lipinski definition) is 0. The van der Waals surface area contributed by atoms with Crippen LogP contribution in [0.3, 0.4) is 0 Å². The standard InChI is InChI=1S/C42H66O5/c1-33(2)21-16-14-12-10-8-7-9-11-13-15-17-28-40(43)47-41-37(6)42(44)46-39(41)31-36(5)26-19-24-34(3)22-18-23-35(4)25-20-27-38-29-30-45-32-38/h22,25,29-33,36H,7-21,23-24,26-28H2,1-6H3. The minimum absolute atomic E-state index is 0.204. The first-order chi connectivity index (χ1) is 22.7. The van der Waals surface area contributed by atoms with Crippen molar-refractivity contribution >= 4 is 11.9 Å². The number of hydrogen-bond acceptors (Lipinski definition) is 5. The highest BCUT2D eigenvalue weighted by molar-refractivity contribution is 5.94. The van der Waals surface area contributed by atoms with Crippen molar-refractivity contribution in [2.45, 2.75) is 170 Å². The van der Waals surface area contributed by atoms with E-state index in [2.05, 4.69) is 46.8 Å². The van der Waals surface area contributed by atoms with Crippen molar-refractivity contribution in [3.63, 3.8) is 0 Å². The largest absolute Gasteiger partial charge is 0.472 e. The predicted octanol–water partition coefficient (Wildman–Crippen LogP) is 12.7. The highest BCUT2D eigenvalue weighted by atomic mass is 16.6. The highest BCUT2D eigenvalue weighted by Gasteiger charge is 2.30. The van der Waals surface area contributed by atoms with E-state index in [0.717, 1.165) is 70.1 Å².